The van der Waals surface area contributed by atoms with Crippen molar-refractivity contribution in [1.82, 2.24) is 24.9 Å². The monoisotopic (exact) mass is 907 g/mol. The smallest absolute Gasteiger partial charge is 0.164 e. The summed E-state index contributed by atoms with van der Waals surface area (Å²) in [6.45, 7) is 18.9. The van der Waals surface area contributed by atoms with Gasteiger partial charge in [-0.2, -0.15) is 0 Å². The van der Waals surface area contributed by atoms with Crippen LogP contribution in [0.4, 0.5) is 0 Å². The summed E-state index contributed by atoms with van der Waals surface area (Å²) in [5, 5.41) is 0. The molecule has 0 atom stereocenters. The van der Waals surface area contributed by atoms with E-state index in [2.05, 4.69) is 171 Å². The van der Waals surface area contributed by atoms with E-state index in [1.807, 2.05) is 84.9 Å². The van der Waals surface area contributed by atoms with Crippen LogP contribution in [-0.2, 0) is 21.7 Å². The molecule has 0 radical (unpaired) electrons. The van der Waals surface area contributed by atoms with Crippen molar-refractivity contribution in [2.75, 3.05) is 0 Å². The van der Waals surface area contributed by atoms with Crippen molar-refractivity contribution in [1.29, 1.82) is 0 Å². The van der Waals surface area contributed by atoms with Crippen LogP contribution in [0.25, 0.3) is 90.0 Å². The Morgan fingerprint density at radius 3 is 1.20 bits per heavy atom. The number of benzene rings is 8. The van der Waals surface area contributed by atoms with Crippen molar-refractivity contribution in [3.8, 4) is 78.9 Å². The largest absolute Gasteiger partial charge is 0.244 e. The second kappa shape index (κ2) is 17.0. The fraction of sp³-hybridized carbons (Fsp3) is 0.185. The molecule has 342 valence electrons. The van der Waals surface area contributed by atoms with Gasteiger partial charge in [-0.1, -0.05) is 237 Å². The van der Waals surface area contributed by atoms with Crippen LogP contribution in [0.1, 0.15) is 77.6 Å². The van der Waals surface area contributed by atoms with Crippen molar-refractivity contribution < 1.29 is 0 Å². The predicted octanol–water partition coefficient (Wildman–Crippen LogP) is 16.3. The first kappa shape index (κ1) is 44.6. The molecule has 0 N–H and O–H groups in total. The summed E-state index contributed by atoms with van der Waals surface area (Å²) in [5.41, 5.74) is 19.4. The summed E-state index contributed by atoms with van der Waals surface area (Å²) in [7, 11) is 0. The number of aromatic nitrogens is 5. The van der Waals surface area contributed by atoms with Crippen LogP contribution in [0.3, 0.4) is 0 Å². The van der Waals surface area contributed by atoms with Crippen molar-refractivity contribution in [3.05, 3.63) is 222 Å². The maximum Gasteiger partial charge on any atom is 0.164 e. The summed E-state index contributed by atoms with van der Waals surface area (Å²) in [5.74, 6) is 2.05. The van der Waals surface area contributed by atoms with E-state index in [9.17, 15) is 0 Å². The van der Waals surface area contributed by atoms with Crippen molar-refractivity contribution in [3.63, 3.8) is 0 Å². The van der Waals surface area contributed by atoms with Crippen LogP contribution in [0.15, 0.2) is 200 Å². The third-order valence-corrected chi connectivity index (χ3v) is 16.1. The van der Waals surface area contributed by atoms with Gasteiger partial charge in [0.25, 0.3) is 0 Å². The Bertz CT molecular complexity index is 3530. The van der Waals surface area contributed by atoms with E-state index in [0.29, 0.717) is 17.5 Å². The lowest BCUT2D eigenvalue weighted by Gasteiger charge is -2.48. The highest BCUT2D eigenvalue weighted by Crippen LogP contribution is 2.57. The molecule has 0 spiro atoms. The number of hydrogen-bond acceptors (Lipinski definition) is 5. The SMILES string of the molecule is CC1(C)c2ccccc2-c2c(-c3nc4ccccc4nc3-c3ccccc3)cccc2C1(C)C.CC1(C)c2ccccc2-c2cc(-c3nc(-c4ccccc4)nc(-c4ccccc4)n3)ccc2C1(C)C. The van der Waals surface area contributed by atoms with Gasteiger partial charge in [-0.25, -0.2) is 24.9 Å². The maximum absolute atomic E-state index is 5.22. The van der Waals surface area contributed by atoms with Gasteiger partial charge in [-0.05, 0) is 84.4 Å². The zero-order valence-electron chi connectivity index (χ0n) is 41.3. The van der Waals surface area contributed by atoms with Gasteiger partial charge in [0.2, 0.25) is 0 Å². The van der Waals surface area contributed by atoms with Crippen molar-refractivity contribution in [2.45, 2.75) is 77.0 Å². The van der Waals surface area contributed by atoms with E-state index in [1.54, 1.807) is 0 Å². The highest BCUT2D eigenvalue weighted by Gasteiger charge is 2.47. The van der Waals surface area contributed by atoms with Gasteiger partial charge in [0.05, 0.1) is 22.4 Å². The Hall–Kier alpha value is -7.89. The minimum atomic E-state index is -0.0517. The first-order valence-corrected chi connectivity index (χ1v) is 24.4. The van der Waals surface area contributed by atoms with Crippen LogP contribution in [-0.4, -0.2) is 24.9 Å². The summed E-state index contributed by atoms with van der Waals surface area (Å²) in [6.07, 6.45) is 0. The third kappa shape index (κ3) is 7.26. The molecule has 5 heteroatoms. The molecule has 2 aliphatic rings. The van der Waals surface area contributed by atoms with Crippen molar-refractivity contribution >= 4 is 11.0 Å². The van der Waals surface area contributed by atoms with Crippen LogP contribution >= 0.6 is 0 Å². The zero-order valence-corrected chi connectivity index (χ0v) is 41.3. The fourth-order valence-corrected chi connectivity index (χ4v) is 10.8. The first-order chi connectivity index (χ1) is 33.8. The second-order valence-electron chi connectivity index (χ2n) is 20.9. The lowest BCUT2D eigenvalue weighted by molar-refractivity contribution is 0.299. The summed E-state index contributed by atoms with van der Waals surface area (Å²) >= 11 is 0. The van der Waals surface area contributed by atoms with E-state index in [1.165, 1.54) is 44.5 Å². The zero-order chi connectivity index (χ0) is 48.4. The average molecular weight is 908 g/mol. The molecule has 0 unspecified atom stereocenters. The van der Waals surface area contributed by atoms with Gasteiger partial charge in [0.1, 0.15) is 0 Å². The average Bonchev–Trinajstić information content (AvgIpc) is 3.40. The molecule has 2 aliphatic carbocycles. The second-order valence-corrected chi connectivity index (χ2v) is 20.9. The standard InChI is InChI=1S/C33H29N3.C32H28N2/c1-32(2)27-18-12-11-17-25(27)26-21-24(19-20-28(26)33(32,3)4)31-35-29(22-13-7-5-8-14-22)34-30(36-31)23-15-9-6-10-16-23;1-31(2)24-17-9-8-15-22(24)28-23(16-12-18-25(28)32(31,3)4)30-29(21-13-6-5-7-14-21)33-26-19-10-11-20-27(26)34-30/h5-21H,1-4H3;5-20H,1-4H3. The Kier molecular flexibility index (Phi) is 10.8. The number of fused-ring (bicyclic) bond motifs is 7. The number of hydrogen-bond donors (Lipinski definition) is 0. The molecule has 8 aromatic carbocycles. The molecule has 0 aliphatic heterocycles. The highest BCUT2D eigenvalue weighted by molar-refractivity contribution is 5.95. The lowest BCUT2D eigenvalue weighted by atomic mass is 9.55. The van der Waals surface area contributed by atoms with Crippen LogP contribution in [0.2, 0.25) is 0 Å². The summed E-state index contributed by atoms with van der Waals surface area (Å²) in [6, 6.07) is 69.9. The van der Waals surface area contributed by atoms with Gasteiger partial charge in [-0.3, -0.25) is 0 Å². The molecule has 12 rings (SSSR count). The van der Waals surface area contributed by atoms with Gasteiger partial charge in [0, 0.05) is 27.8 Å². The molecular formula is C65H57N5. The fourth-order valence-electron chi connectivity index (χ4n) is 10.8. The normalized spacial score (nSPS) is 15.3. The van der Waals surface area contributed by atoms with Gasteiger partial charge in [0.15, 0.2) is 17.5 Å². The lowest BCUT2D eigenvalue weighted by Crippen LogP contribution is -2.43. The van der Waals surface area contributed by atoms with Crippen LogP contribution < -0.4 is 0 Å². The quantitative estimate of drug-likeness (QED) is 0.172. The van der Waals surface area contributed by atoms with Crippen LogP contribution in [0.5, 0.6) is 0 Å². The molecule has 70 heavy (non-hydrogen) atoms. The molecule has 0 fully saturated rings. The Morgan fingerprint density at radius 2 is 0.643 bits per heavy atom. The minimum absolute atomic E-state index is 0.00619. The van der Waals surface area contributed by atoms with E-state index in [0.717, 1.165) is 50.2 Å². The summed E-state index contributed by atoms with van der Waals surface area (Å²) < 4.78 is 0. The Morgan fingerprint density at radius 1 is 0.257 bits per heavy atom. The molecular weight excluding hydrogens is 851 g/mol. The van der Waals surface area contributed by atoms with Crippen LogP contribution in [0, 0.1) is 0 Å². The van der Waals surface area contributed by atoms with Gasteiger partial charge < -0.3 is 0 Å². The number of rotatable bonds is 5. The molecule has 2 heterocycles. The summed E-state index contributed by atoms with van der Waals surface area (Å²) in [4.78, 5) is 25.1. The molecule has 0 saturated carbocycles. The predicted molar refractivity (Wildman–Crippen MR) is 290 cm³/mol. The molecule has 0 amide bonds. The maximum atomic E-state index is 5.22. The highest BCUT2D eigenvalue weighted by atomic mass is 15.0. The van der Waals surface area contributed by atoms with E-state index >= 15 is 0 Å². The minimum Gasteiger partial charge on any atom is -0.244 e. The third-order valence-electron chi connectivity index (χ3n) is 16.1. The molecule has 5 nitrogen and oxygen atoms in total. The first-order valence-electron chi connectivity index (χ1n) is 24.4. The Balaban J connectivity index is 0.000000153. The Labute approximate surface area is 412 Å². The van der Waals surface area contributed by atoms with E-state index in [-0.39, 0.29) is 21.7 Å². The van der Waals surface area contributed by atoms with E-state index < -0.39 is 0 Å². The number of nitrogens with zero attached hydrogens (tertiary/aromatic N) is 5. The number of para-hydroxylation sites is 2. The molecule has 2 aromatic heterocycles. The van der Waals surface area contributed by atoms with Gasteiger partial charge in [-0.15, -0.1) is 0 Å². The van der Waals surface area contributed by atoms with E-state index in [4.69, 9.17) is 24.9 Å². The molecule has 0 saturated heterocycles. The molecule has 10 aromatic rings. The van der Waals surface area contributed by atoms with Crippen molar-refractivity contribution in [2.24, 2.45) is 0 Å². The topological polar surface area (TPSA) is 64.5 Å². The van der Waals surface area contributed by atoms with Gasteiger partial charge >= 0.3 is 0 Å². The molecule has 0 bridgehead atoms.